The van der Waals surface area contributed by atoms with Gasteiger partial charge in [-0.2, -0.15) is 0 Å². The molecule has 1 saturated heterocycles. The molecule has 4 nitrogen and oxygen atoms in total. The predicted octanol–water partition coefficient (Wildman–Crippen LogP) is 2.29. The molecule has 0 spiro atoms. The second-order valence-corrected chi connectivity index (χ2v) is 5.21. The molecule has 0 aromatic heterocycles. The van der Waals surface area contributed by atoms with Gasteiger partial charge in [0.15, 0.2) is 0 Å². The van der Waals surface area contributed by atoms with Crippen LogP contribution in [-0.2, 0) is 11.3 Å². The van der Waals surface area contributed by atoms with Crippen LogP contribution in [0.4, 0.5) is 13.2 Å². The van der Waals surface area contributed by atoms with Crippen molar-refractivity contribution in [1.29, 1.82) is 0 Å². The third-order valence-electron chi connectivity index (χ3n) is 2.66. The van der Waals surface area contributed by atoms with E-state index in [2.05, 4.69) is 15.4 Å². The lowest BCUT2D eigenvalue weighted by Gasteiger charge is -2.11. The zero-order valence-corrected chi connectivity index (χ0v) is 12.4. The Hall–Kier alpha value is -1.12. The molecule has 1 aliphatic heterocycles. The molecular weight excluding hydrogens is 329 g/mol. The molecule has 0 radical (unpaired) electrons. The first-order valence-electron chi connectivity index (χ1n) is 5.87. The summed E-state index contributed by atoms with van der Waals surface area (Å²) in [5.74, 6) is 1.10. The van der Waals surface area contributed by atoms with Gasteiger partial charge in [-0.15, -0.1) is 37.3 Å². The zero-order chi connectivity index (χ0) is 14.6. The Labute approximate surface area is 130 Å². The monoisotopic (exact) mass is 342 g/mol. The number of benzene rings is 1. The van der Waals surface area contributed by atoms with E-state index in [4.69, 9.17) is 0 Å². The van der Waals surface area contributed by atoms with Crippen LogP contribution in [0.3, 0.4) is 0 Å². The van der Waals surface area contributed by atoms with Crippen molar-refractivity contribution in [2.24, 2.45) is 0 Å². The number of carbonyl (C=O) groups excluding carboxylic acids is 1. The summed E-state index contributed by atoms with van der Waals surface area (Å²) in [6, 6.07) is 5.21. The second kappa shape index (κ2) is 7.77. The van der Waals surface area contributed by atoms with E-state index in [1.807, 2.05) is 0 Å². The fraction of sp³-hybridized carbons (Fsp3) is 0.417. The molecule has 1 aliphatic rings. The molecular formula is C12H14ClF3N2O2S. The molecule has 1 fully saturated rings. The molecule has 0 aliphatic carbocycles. The molecule has 2 N–H and O–H groups in total. The molecule has 1 aromatic rings. The minimum Gasteiger partial charge on any atom is -0.406 e. The smallest absolute Gasteiger partial charge is 0.406 e. The van der Waals surface area contributed by atoms with Gasteiger partial charge in [0, 0.05) is 18.2 Å². The summed E-state index contributed by atoms with van der Waals surface area (Å²) in [6.45, 7) is 0.272. The quantitative estimate of drug-likeness (QED) is 0.881. The van der Waals surface area contributed by atoms with Gasteiger partial charge in [0.2, 0.25) is 5.91 Å². The Morgan fingerprint density at radius 3 is 2.57 bits per heavy atom. The van der Waals surface area contributed by atoms with Crippen LogP contribution >= 0.6 is 24.2 Å². The number of ether oxygens (including phenoxy) is 1. The topological polar surface area (TPSA) is 50.4 Å². The van der Waals surface area contributed by atoms with E-state index in [-0.39, 0.29) is 36.7 Å². The maximum atomic E-state index is 12.0. The Morgan fingerprint density at radius 1 is 1.38 bits per heavy atom. The Kier molecular flexibility index (Phi) is 6.63. The fourth-order valence-corrected chi connectivity index (χ4v) is 2.63. The van der Waals surface area contributed by atoms with Crippen LogP contribution in [0.15, 0.2) is 24.3 Å². The lowest BCUT2D eigenvalue weighted by atomic mass is 10.2. The van der Waals surface area contributed by atoms with Crippen LogP contribution in [0.2, 0.25) is 0 Å². The van der Waals surface area contributed by atoms with Crippen molar-refractivity contribution in [3.63, 3.8) is 0 Å². The van der Waals surface area contributed by atoms with Crippen molar-refractivity contribution in [2.45, 2.75) is 18.9 Å². The second-order valence-electron chi connectivity index (χ2n) is 4.18. The van der Waals surface area contributed by atoms with Gasteiger partial charge in [-0.25, -0.2) is 0 Å². The Bertz CT molecular complexity index is 465. The number of nitrogens with one attached hydrogen (secondary N) is 2. The van der Waals surface area contributed by atoms with E-state index in [1.165, 1.54) is 24.3 Å². The minimum atomic E-state index is -4.69. The van der Waals surface area contributed by atoms with Crippen molar-refractivity contribution in [2.75, 3.05) is 11.6 Å². The van der Waals surface area contributed by atoms with Crippen LogP contribution in [0, 0.1) is 0 Å². The molecule has 1 heterocycles. The van der Waals surface area contributed by atoms with Gasteiger partial charge in [0.1, 0.15) is 5.75 Å². The number of amides is 1. The fourth-order valence-electron chi connectivity index (χ4n) is 1.68. The molecule has 1 aromatic carbocycles. The summed E-state index contributed by atoms with van der Waals surface area (Å²) in [5.41, 5.74) is 0.707. The highest BCUT2D eigenvalue weighted by molar-refractivity contribution is 7.99. The number of carbonyl (C=O) groups is 1. The van der Waals surface area contributed by atoms with Crippen LogP contribution in [0.25, 0.3) is 0 Å². The van der Waals surface area contributed by atoms with Crippen LogP contribution in [0.1, 0.15) is 5.56 Å². The maximum absolute atomic E-state index is 12.0. The van der Waals surface area contributed by atoms with Gasteiger partial charge in [-0.3, -0.25) is 10.1 Å². The molecule has 1 unspecified atom stereocenters. The van der Waals surface area contributed by atoms with Gasteiger partial charge < -0.3 is 10.1 Å². The number of hydrogen-bond donors (Lipinski definition) is 2. The molecule has 1 atom stereocenters. The van der Waals surface area contributed by atoms with E-state index < -0.39 is 6.36 Å². The lowest BCUT2D eigenvalue weighted by Crippen LogP contribution is -2.41. The number of alkyl halides is 3. The van der Waals surface area contributed by atoms with Crippen LogP contribution in [-0.4, -0.2) is 29.9 Å². The van der Waals surface area contributed by atoms with Crippen molar-refractivity contribution >= 4 is 30.1 Å². The summed E-state index contributed by atoms with van der Waals surface area (Å²) in [7, 11) is 0. The normalized spacial score (nSPS) is 18.0. The van der Waals surface area contributed by atoms with Gasteiger partial charge >= 0.3 is 6.36 Å². The molecule has 9 heteroatoms. The summed E-state index contributed by atoms with van der Waals surface area (Å²) < 4.78 is 39.7. The summed E-state index contributed by atoms with van der Waals surface area (Å²) in [4.78, 5) is 11.7. The number of thioether (sulfide) groups is 1. The summed E-state index contributed by atoms with van der Waals surface area (Å²) >= 11 is 1.64. The van der Waals surface area contributed by atoms with Crippen molar-refractivity contribution in [1.82, 2.24) is 10.6 Å². The minimum absolute atomic E-state index is 0. The Morgan fingerprint density at radius 2 is 2.05 bits per heavy atom. The first kappa shape index (κ1) is 17.9. The molecule has 1 amide bonds. The van der Waals surface area contributed by atoms with Crippen molar-refractivity contribution in [3.05, 3.63) is 29.8 Å². The van der Waals surface area contributed by atoms with E-state index in [0.29, 0.717) is 5.56 Å². The maximum Gasteiger partial charge on any atom is 0.573 e. The first-order chi connectivity index (χ1) is 9.44. The Balaban J connectivity index is 0.00000220. The molecule has 118 valence electrons. The average molecular weight is 343 g/mol. The van der Waals surface area contributed by atoms with Crippen LogP contribution in [0.5, 0.6) is 5.75 Å². The largest absolute Gasteiger partial charge is 0.573 e. The van der Waals surface area contributed by atoms with Crippen molar-refractivity contribution in [3.8, 4) is 5.75 Å². The van der Waals surface area contributed by atoms with Gasteiger partial charge in [0.25, 0.3) is 0 Å². The molecule has 0 saturated carbocycles. The number of hydrogen-bond acceptors (Lipinski definition) is 4. The lowest BCUT2D eigenvalue weighted by molar-refractivity contribution is -0.274. The summed E-state index contributed by atoms with van der Waals surface area (Å²) in [6.07, 6.45) is -4.69. The predicted molar refractivity (Wildman–Crippen MR) is 76.5 cm³/mol. The highest BCUT2D eigenvalue weighted by Crippen LogP contribution is 2.22. The number of halogens is 4. The van der Waals surface area contributed by atoms with Gasteiger partial charge in [-0.1, -0.05) is 12.1 Å². The number of rotatable bonds is 4. The third kappa shape index (κ3) is 6.03. The average Bonchev–Trinajstić information content (AvgIpc) is 2.89. The van der Waals surface area contributed by atoms with Crippen LogP contribution < -0.4 is 15.4 Å². The van der Waals surface area contributed by atoms with E-state index in [1.54, 1.807) is 11.8 Å². The van der Waals surface area contributed by atoms with E-state index in [9.17, 15) is 18.0 Å². The van der Waals surface area contributed by atoms with Crippen molar-refractivity contribution < 1.29 is 22.7 Å². The third-order valence-corrected chi connectivity index (χ3v) is 3.60. The van der Waals surface area contributed by atoms with Gasteiger partial charge in [0.05, 0.1) is 6.04 Å². The summed E-state index contributed by atoms with van der Waals surface area (Å²) in [5, 5.41) is 5.76. The molecule has 0 bridgehead atoms. The first-order valence-corrected chi connectivity index (χ1v) is 7.03. The highest BCUT2D eigenvalue weighted by atomic mass is 35.5. The van der Waals surface area contributed by atoms with Gasteiger partial charge in [-0.05, 0) is 17.7 Å². The molecule has 21 heavy (non-hydrogen) atoms. The zero-order valence-electron chi connectivity index (χ0n) is 10.8. The van der Waals surface area contributed by atoms with E-state index in [0.717, 1.165) is 11.6 Å². The van der Waals surface area contributed by atoms with E-state index >= 15 is 0 Å². The molecule has 2 rings (SSSR count). The SMILES string of the molecule is Cl.O=C(NCc1ccc(OC(F)(F)F)cc1)C1CSCN1. The highest BCUT2D eigenvalue weighted by Gasteiger charge is 2.31. The standard InChI is InChI=1S/C12H13F3N2O2S.ClH/c13-12(14,15)19-9-3-1-8(2-4-9)5-16-11(18)10-6-20-7-17-10;/h1-4,10,17H,5-7H2,(H,16,18);1H.